The molecule has 0 heterocycles. The van der Waals surface area contributed by atoms with Gasteiger partial charge in [-0.1, -0.05) is 110 Å². The van der Waals surface area contributed by atoms with Crippen molar-refractivity contribution in [2.45, 2.75) is 13.3 Å². The molecule has 0 heteroatoms. The van der Waals surface area contributed by atoms with Crippen molar-refractivity contribution in [3.8, 4) is 0 Å². The summed E-state index contributed by atoms with van der Waals surface area (Å²) in [5, 5.41) is 0. The van der Waals surface area contributed by atoms with Crippen molar-refractivity contribution >= 4 is 0 Å². The van der Waals surface area contributed by atoms with Crippen LogP contribution in [0.4, 0.5) is 0 Å². The van der Waals surface area contributed by atoms with Gasteiger partial charge in [-0.25, -0.2) is 0 Å². The van der Waals surface area contributed by atoms with Gasteiger partial charge < -0.3 is 0 Å². The Kier molecular flexibility index (Phi) is 14.5. The van der Waals surface area contributed by atoms with Gasteiger partial charge in [0, 0.05) is 0 Å². The highest BCUT2D eigenvalue weighted by Crippen LogP contribution is 1.96. The molecule has 0 saturated heterocycles. The molecule has 0 aliphatic carbocycles. The van der Waals surface area contributed by atoms with Crippen molar-refractivity contribution in [3.63, 3.8) is 0 Å². The van der Waals surface area contributed by atoms with Gasteiger partial charge in [0.15, 0.2) is 0 Å². The molecule has 114 valence electrons. The Morgan fingerprint density at radius 1 is 0.500 bits per heavy atom. The summed E-state index contributed by atoms with van der Waals surface area (Å²) in [6.07, 6.45) is 1.14. The lowest BCUT2D eigenvalue weighted by Gasteiger charge is -1.89. The van der Waals surface area contributed by atoms with E-state index < -0.39 is 0 Å². The zero-order valence-corrected chi connectivity index (χ0v) is 13.4. The number of benzene rings is 3. The van der Waals surface area contributed by atoms with Crippen molar-refractivity contribution in [1.82, 2.24) is 0 Å². The van der Waals surface area contributed by atoms with Gasteiger partial charge in [-0.2, -0.15) is 0 Å². The van der Waals surface area contributed by atoms with E-state index in [0.29, 0.717) is 0 Å². The molecule has 0 amide bonds. The molecule has 3 aromatic carbocycles. The normalized spacial score (nSPS) is 7.86. The number of aryl methyl sites for hydroxylation is 1. The van der Waals surface area contributed by atoms with Crippen LogP contribution in [0.25, 0.3) is 0 Å². The fourth-order valence-electron chi connectivity index (χ4n) is 1.48. The highest BCUT2D eigenvalue weighted by molar-refractivity contribution is 5.13. The zero-order valence-electron chi connectivity index (χ0n) is 13.4. The van der Waals surface area contributed by atoms with Crippen LogP contribution in [-0.2, 0) is 6.42 Å². The van der Waals surface area contributed by atoms with Gasteiger partial charge >= 0.3 is 0 Å². The molecule has 0 aliphatic rings. The molecule has 0 spiro atoms. The molecule has 0 nitrogen and oxygen atoms in total. The van der Waals surface area contributed by atoms with E-state index in [0.717, 1.165) is 6.42 Å². The second-order valence-electron chi connectivity index (χ2n) is 4.15. The molecule has 0 radical (unpaired) electrons. The Bertz CT molecular complexity index is 430. The van der Waals surface area contributed by atoms with Crippen LogP contribution >= 0.6 is 0 Å². The lowest BCUT2D eigenvalue weighted by molar-refractivity contribution is 1.14. The smallest absolute Gasteiger partial charge is 0.0307 e. The standard InChI is InChI=1S/C8H10.2C6H6.C2H4/c1-2-8-6-4-3-5-7-8;2*1-2-4-6-5-3-1;1-2/h3-7H,2H2,1H3;2*1-6H;1-2H2. The van der Waals surface area contributed by atoms with Crippen LogP contribution in [0.2, 0.25) is 0 Å². The fraction of sp³-hybridized carbons (Fsp3) is 0.0909. The number of hydrogen-bond acceptors (Lipinski definition) is 0. The topological polar surface area (TPSA) is 0 Å². The first kappa shape index (κ1) is 19.4. The summed E-state index contributed by atoms with van der Waals surface area (Å²) in [7, 11) is 0. The molecule has 0 N–H and O–H groups in total. The van der Waals surface area contributed by atoms with E-state index >= 15 is 0 Å². The van der Waals surface area contributed by atoms with Gasteiger partial charge in [-0.3, -0.25) is 0 Å². The maximum atomic E-state index is 3.00. The van der Waals surface area contributed by atoms with Gasteiger partial charge in [0.05, 0.1) is 0 Å². The molecule has 3 aromatic rings. The Hall–Kier alpha value is -2.60. The van der Waals surface area contributed by atoms with E-state index in [1.807, 2.05) is 78.9 Å². The Labute approximate surface area is 135 Å². The molecule has 0 bridgehead atoms. The largest absolute Gasteiger partial charge is 0.106 e. The molecule has 0 aromatic heterocycles. The van der Waals surface area contributed by atoms with Crippen molar-refractivity contribution in [2.75, 3.05) is 0 Å². The first-order valence-corrected chi connectivity index (χ1v) is 7.47. The minimum absolute atomic E-state index is 1.14. The summed E-state index contributed by atoms with van der Waals surface area (Å²) in [6.45, 7) is 8.16. The third-order valence-electron chi connectivity index (χ3n) is 2.58. The van der Waals surface area contributed by atoms with Crippen LogP contribution in [0.1, 0.15) is 12.5 Å². The van der Waals surface area contributed by atoms with Crippen LogP contribution in [0.3, 0.4) is 0 Å². The van der Waals surface area contributed by atoms with Crippen LogP contribution in [0.5, 0.6) is 0 Å². The Balaban J connectivity index is 0.000000288. The lowest BCUT2D eigenvalue weighted by atomic mass is 10.2. The monoisotopic (exact) mass is 290 g/mol. The van der Waals surface area contributed by atoms with E-state index in [1.165, 1.54) is 5.56 Å². The quantitative estimate of drug-likeness (QED) is 0.453. The lowest BCUT2D eigenvalue weighted by Crippen LogP contribution is -1.73. The molecule has 0 unspecified atom stereocenters. The predicted molar refractivity (Wildman–Crippen MR) is 100.0 cm³/mol. The number of rotatable bonds is 1. The zero-order chi connectivity index (χ0) is 16.3. The first-order valence-electron chi connectivity index (χ1n) is 7.47. The van der Waals surface area contributed by atoms with Gasteiger partial charge in [0.25, 0.3) is 0 Å². The second kappa shape index (κ2) is 16.5. The molecule has 0 aliphatic heterocycles. The van der Waals surface area contributed by atoms with E-state index in [1.54, 1.807) is 0 Å². The van der Waals surface area contributed by atoms with E-state index in [9.17, 15) is 0 Å². The maximum absolute atomic E-state index is 3.00. The highest BCUT2D eigenvalue weighted by Gasteiger charge is 1.79. The Morgan fingerprint density at radius 3 is 0.909 bits per heavy atom. The first-order chi connectivity index (χ1) is 10.9. The molecule has 22 heavy (non-hydrogen) atoms. The average molecular weight is 290 g/mol. The Morgan fingerprint density at radius 2 is 0.727 bits per heavy atom. The summed E-state index contributed by atoms with van der Waals surface area (Å²) < 4.78 is 0. The summed E-state index contributed by atoms with van der Waals surface area (Å²) in [5.74, 6) is 0. The van der Waals surface area contributed by atoms with Crippen LogP contribution in [-0.4, -0.2) is 0 Å². The van der Waals surface area contributed by atoms with Gasteiger partial charge in [0.1, 0.15) is 0 Å². The molecule has 0 saturated carbocycles. The van der Waals surface area contributed by atoms with Crippen molar-refractivity contribution in [3.05, 3.63) is 122 Å². The van der Waals surface area contributed by atoms with Gasteiger partial charge in [-0.15, -0.1) is 13.2 Å². The third kappa shape index (κ3) is 12.4. The van der Waals surface area contributed by atoms with Gasteiger partial charge in [-0.05, 0) is 12.0 Å². The van der Waals surface area contributed by atoms with Crippen LogP contribution < -0.4 is 0 Å². The maximum Gasteiger partial charge on any atom is -0.0307 e. The SMILES string of the molecule is C=C.CCc1ccccc1.c1ccccc1.c1ccccc1. The average Bonchev–Trinajstić information content (AvgIpc) is 2.68. The van der Waals surface area contributed by atoms with Crippen molar-refractivity contribution < 1.29 is 0 Å². The summed E-state index contributed by atoms with van der Waals surface area (Å²) in [4.78, 5) is 0. The minimum atomic E-state index is 1.14. The minimum Gasteiger partial charge on any atom is -0.106 e. The molecule has 0 fully saturated rings. The fourth-order valence-corrected chi connectivity index (χ4v) is 1.48. The molecule has 0 atom stereocenters. The van der Waals surface area contributed by atoms with Crippen LogP contribution in [0.15, 0.2) is 116 Å². The molecule has 3 rings (SSSR count). The highest BCUT2D eigenvalue weighted by atomic mass is 13.9. The van der Waals surface area contributed by atoms with Crippen molar-refractivity contribution in [2.24, 2.45) is 0 Å². The van der Waals surface area contributed by atoms with Gasteiger partial charge in [0.2, 0.25) is 0 Å². The van der Waals surface area contributed by atoms with Crippen LogP contribution in [0, 0.1) is 0 Å². The van der Waals surface area contributed by atoms with E-state index in [-0.39, 0.29) is 0 Å². The summed E-state index contributed by atoms with van der Waals surface area (Å²) in [6, 6.07) is 34.5. The molecular weight excluding hydrogens is 264 g/mol. The predicted octanol–water partition coefficient (Wildman–Crippen LogP) is 6.42. The summed E-state index contributed by atoms with van der Waals surface area (Å²) in [5.41, 5.74) is 1.41. The molecular formula is C22H26. The van der Waals surface area contributed by atoms with E-state index in [4.69, 9.17) is 0 Å². The second-order valence-corrected chi connectivity index (χ2v) is 4.15. The van der Waals surface area contributed by atoms with E-state index in [2.05, 4.69) is 44.3 Å². The third-order valence-corrected chi connectivity index (χ3v) is 2.58. The summed E-state index contributed by atoms with van der Waals surface area (Å²) >= 11 is 0. The van der Waals surface area contributed by atoms with Crippen molar-refractivity contribution in [1.29, 1.82) is 0 Å². The number of hydrogen-bond donors (Lipinski definition) is 0.